The highest BCUT2D eigenvalue weighted by molar-refractivity contribution is 6.32. The average Bonchev–Trinajstić information content (AvgIpc) is 2.41. The van der Waals surface area contributed by atoms with Gasteiger partial charge in [-0.15, -0.1) is 0 Å². The second kappa shape index (κ2) is 5.92. The second-order valence-electron chi connectivity index (χ2n) is 4.46. The van der Waals surface area contributed by atoms with Crippen LogP contribution in [-0.4, -0.2) is 17.3 Å². The summed E-state index contributed by atoms with van der Waals surface area (Å²) in [5.41, 5.74) is 1.41. The molecule has 2 rings (SSSR count). The molecule has 0 aliphatic heterocycles. The maximum atomic E-state index is 9.82. The summed E-state index contributed by atoms with van der Waals surface area (Å²) in [6, 6.07) is 9.58. The van der Waals surface area contributed by atoms with Gasteiger partial charge in [0, 0.05) is 11.3 Å². The van der Waals surface area contributed by atoms with Gasteiger partial charge in [-0.2, -0.15) is 0 Å². The van der Waals surface area contributed by atoms with Crippen LogP contribution >= 0.6 is 11.6 Å². The molecule has 0 spiro atoms. The molecule has 3 N–H and O–H groups in total. The predicted octanol–water partition coefficient (Wildman–Crippen LogP) is 3.93. The number of anilines is 1. The minimum absolute atomic E-state index is 0.110. The summed E-state index contributed by atoms with van der Waals surface area (Å²) in [7, 11) is 1.56. The number of phenolic OH excluding ortho intramolecular Hbond substituents is 2. The Balaban J connectivity index is 2.21. The summed E-state index contributed by atoms with van der Waals surface area (Å²) in [6.07, 6.45) is 0. The van der Waals surface area contributed by atoms with Crippen molar-refractivity contribution in [3.8, 4) is 17.2 Å². The summed E-state index contributed by atoms with van der Waals surface area (Å²) >= 11 is 6.06. The number of methoxy groups -OCH3 is 1. The molecule has 1 atom stereocenters. The molecule has 0 saturated heterocycles. The van der Waals surface area contributed by atoms with E-state index in [4.69, 9.17) is 16.3 Å². The quantitative estimate of drug-likeness (QED) is 0.747. The topological polar surface area (TPSA) is 61.7 Å². The van der Waals surface area contributed by atoms with Gasteiger partial charge in [-0.3, -0.25) is 0 Å². The van der Waals surface area contributed by atoms with E-state index in [9.17, 15) is 10.2 Å². The fraction of sp³-hybridized carbons (Fsp3) is 0.200. The van der Waals surface area contributed by atoms with Gasteiger partial charge in [0.1, 0.15) is 17.2 Å². The number of benzene rings is 2. The molecule has 0 aromatic heterocycles. The van der Waals surface area contributed by atoms with Crippen LogP contribution in [0.15, 0.2) is 36.4 Å². The van der Waals surface area contributed by atoms with E-state index >= 15 is 0 Å². The van der Waals surface area contributed by atoms with Gasteiger partial charge in [0.25, 0.3) is 0 Å². The fourth-order valence-corrected chi connectivity index (χ4v) is 2.23. The third-order valence-corrected chi connectivity index (χ3v) is 3.31. The zero-order valence-electron chi connectivity index (χ0n) is 11.2. The number of rotatable bonds is 4. The van der Waals surface area contributed by atoms with Crippen molar-refractivity contribution in [1.82, 2.24) is 0 Å². The largest absolute Gasteiger partial charge is 0.508 e. The molecule has 2 aromatic carbocycles. The highest BCUT2D eigenvalue weighted by Gasteiger charge is 2.12. The van der Waals surface area contributed by atoms with E-state index in [2.05, 4.69) is 5.32 Å². The molecule has 2 aromatic rings. The first kappa shape index (κ1) is 14.3. The van der Waals surface area contributed by atoms with E-state index in [1.54, 1.807) is 19.2 Å². The van der Waals surface area contributed by atoms with Crippen molar-refractivity contribution < 1.29 is 14.9 Å². The molecule has 0 heterocycles. The highest BCUT2D eigenvalue weighted by atomic mass is 35.5. The summed E-state index contributed by atoms with van der Waals surface area (Å²) in [4.78, 5) is 0. The Bertz CT molecular complexity index is 616. The molecule has 20 heavy (non-hydrogen) atoms. The molecule has 0 fully saturated rings. The molecule has 0 aliphatic rings. The maximum absolute atomic E-state index is 9.82. The summed E-state index contributed by atoms with van der Waals surface area (Å²) in [5.74, 6) is 0.840. The molecule has 4 nitrogen and oxygen atoms in total. The van der Waals surface area contributed by atoms with Crippen molar-refractivity contribution in [2.45, 2.75) is 13.0 Å². The normalized spacial score (nSPS) is 11.9. The standard InChI is InChI=1S/C15H16ClNO3/c1-9(12-8-11(18)4-5-14(12)19)17-10-3-6-15(20-2)13(16)7-10/h3-9,17-19H,1-2H3. The molecule has 1 unspecified atom stereocenters. The molecular formula is C15H16ClNO3. The summed E-state index contributed by atoms with van der Waals surface area (Å²) in [5, 5.41) is 23.0. The van der Waals surface area contributed by atoms with Crippen LogP contribution in [0.3, 0.4) is 0 Å². The Morgan fingerprint density at radius 2 is 1.90 bits per heavy atom. The Morgan fingerprint density at radius 1 is 1.15 bits per heavy atom. The molecule has 0 saturated carbocycles. The van der Waals surface area contributed by atoms with Crippen LogP contribution in [0.25, 0.3) is 0 Å². The highest BCUT2D eigenvalue weighted by Crippen LogP contribution is 2.32. The molecular weight excluding hydrogens is 278 g/mol. The van der Waals surface area contributed by atoms with Crippen LogP contribution < -0.4 is 10.1 Å². The maximum Gasteiger partial charge on any atom is 0.137 e. The van der Waals surface area contributed by atoms with E-state index in [1.807, 2.05) is 13.0 Å². The smallest absolute Gasteiger partial charge is 0.137 e. The number of ether oxygens (including phenoxy) is 1. The van der Waals surface area contributed by atoms with E-state index in [-0.39, 0.29) is 17.5 Å². The zero-order valence-corrected chi connectivity index (χ0v) is 12.0. The van der Waals surface area contributed by atoms with Crippen molar-refractivity contribution >= 4 is 17.3 Å². The lowest BCUT2D eigenvalue weighted by molar-refractivity contribution is 0.415. The van der Waals surface area contributed by atoms with Crippen molar-refractivity contribution in [2.24, 2.45) is 0 Å². The molecule has 0 bridgehead atoms. The Morgan fingerprint density at radius 3 is 2.55 bits per heavy atom. The third-order valence-electron chi connectivity index (χ3n) is 3.01. The first-order chi connectivity index (χ1) is 9.51. The van der Waals surface area contributed by atoms with Crippen LogP contribution in [-0.2, 0) is 0 Å². The number of nitrogens with one attached hydrogen (secondary N) is 1. The van der Waals surface area contributed by atoms with Crippen LogP contribution in [0.2, 0.25) is 5.02 Å². The monoisotopic (exact) mass is 293 g/mol. The average molecular weight is 294 g/mol. The van der Waals surface area contributed by atoms with Gasteiger partial charge in [0.05, 0.1) is 18.2 Å². The first-order valence-electron chi connectivity index (χ1n) is 6.13. The predicted molar refractivity (Wildman–Crippen MR) is 79.8 cm³/mol. The van der Waals surface area contributed by atoms with Gasteiger partial charge >= 0.3 is 0 Å². The molecule has 0 amide bonds. The third kappa shape index (κ3) is 3.08. The number of halogens is 1. The van der Waals surface area contributed by atoms with E-state index < -0.39 is 0 Å². The Kier molecular flexibility index (Phi) is 4.25. The van der Waals surface area contributed by atoms with E-state index in [0.717, 1.165) is 5.69 Å². The lowest BCUT2D eigenvalue weighted by Gasteiger charge is -2.17. The molecule has 106 valence electrons. The van der Waals surface area contributed by atoms with E-state index in [0.29, 0.717) is 16.3 Å². The van der Waals surface area contributed by atoms with Crippen molar-refractivity contribution in [2.75, 3.05) is 12.4 Å². The van der Waals surface area contributed by atoms with Crippen LogP contribution in [0, 0.1) is 0 Å². The van der Waals surface area contributed by atoms with Gasteiger partial charge in [-0.05, 0) is 43.3 Å². The number of aromatic hydroxyl groups is 2. The SMILES string of the molecule is COc1ccc(NC(C)c2cc(O)ccc2O)cc1Cl. The van der Waals surface area contributed by atoms with Crippen LogP contribution in [0.1, 0.15) is 18.5 Å². The lowest BCUT2D eigenvalue weighted by Crippen LogP contribution is -2.06. The first-order valence-corrected chi connectivity index (χ1v) is 6.51. The van der Waals surface area contributed by atoms with Crippen molar-refractivity contribution in [3.63, 3.8) is 0 Å². The van der Waals surface area contributed by atoms with Gasteiger partial charge < -0.3 is 20.3 Å². The van der Waals surface area contributed by atoms with Crippen LogP contribution in [0.4, 0.5) is 5.69 Å². The number of hydrogen-bond donors (Lipinski definition) is 3. The van der Waals surface area contributed by atoms with Gasteiger partial charge in [0.15, 0.2) is 0 Å². The minimum atomic E-state index is -0.188. The van der Waals surface area contributed by atoms with Crippen molar-refractivity contribution in [1.29, 1.82) is 0 Å². The number of phenols is 2. The van der Waals surface area contributed by atoms with E-state index in [1.165, 1.54) is 18.2 Å². The summed E-state index contributed by atoms with van der Waals surface area (Å²) in [6.45, 7) is 1.88. The van der Waals surface area contributed by atoms with Gasteiger partial charge in [-0.1, -0.05) is 11.6 Å². The van der Waals surface area contributed by atoms with Gasteiger partial charge in [0.2, 0.25) is 0 Å². The summed E-state index contributed by atoms with van der Waals surface area (Å²) < 4.78 is 5.09. The molecule has 0 radical (unpaired) electrons. The zero-order chi connectivity index (χ0) is 14.7. The van der Waals surface area contributed by atoms with Crippen molar-refractivity contribution in [3.05, 3.63) is 47.0 Å². The fourth-order valence-electron chi connectivity index (χ4n) is 1.97. The lowest BCUT2D eigenvalue weighted by atomic mass is 10.1. The second-order valence-corrected chi connectivity index (χ2v) is 4.87. The molecule has 0 aliphatic carbocycles. The van der Waals surface area contributed by atoms with Gasteiger partial charge in [-0.25, -0.2) is 0 Å². The number of hydrogen-bond acceptors (Lipinski definition) is 4. The Hall–Kier alpha value is -2.07. The Labute approximate surface area is 122 Å². The molecule has 5 heteroatoms. The van der Waals surface area contributed by atoms with Crippen LogP contribution in [0.5, 0.6) is 17.2 Å². The minimum Gasteiger partial charge on any atom is -0.508 e.